The highest BCUT2D eigenvalue weighted by atomic mass is 16.8. The molecule has 7 N–H and O–H groups in total. The van der Waals surface area contributed by atoms with Gasteiger partial charge in [0.15, 0.2) is 25.2 Å². The van der Waals surface area contributed by atoms with Gasteiger partial charge in [0.25, 0.3) is 0 Å². The average molecular weight is 969 g/mol. The molecule has 19 nitrogen and oxygen atoms in total. The number of cyclic esters (lactones) is 1. The van der Waals surface area contributed by atoms with Crippen molar-refractivity contribution in [1.29, 1.82) is 0 Å². The van der Waals surface area contributed by atoms with E-state index in [0.717, 1.165) is 63.4 Å². The number of esters is 2. The van der Waals surface area contributed by atoms with E-state index in [-0.39, 0.29) is 54.0 Å². The third-order valence-electron chi connectivity index (χ3n) is 18.3. The Bertz CT molecular complexity index is 1810. The molecule has 68 heavy (non-hydrogen) atoms. The van der Waals surface area contributed by atoms with Crippen molar-refractivity contribution < 1.29 is 92.7 Å². The van der Waals surface area contributed by atoms with Gasteiger partial charge in [-0.1, -0.05) is 13.8 Å². The fraction of sp³-hybridized carbons (Fsp3) is 0.918. The van der Waals surface area contributed by atoms with Crippen LogP contribution >= 0.6 is 0 Å². The highest BCUT2D eigenvalue weighted by Crippen LogP contribution is 2.70. The van der Waals surface area contributed by atoms with E-state index in [2.05, 4.69) is 13.8 Å². The molecule has 386 valence electrons. The van der Waals surface area contributed by atoms with Gasteiger partial charge < -0.3 is 83.1 Å². The van der Waals surface area contributed by atoms with Crippen molar-refractivity contribution in [2.24, 2.45) is 34.5 Å². The molecule has 0 radical (unpaired) electrons. The van der Waals surface area contributed by atoms with Crippen LogP contribution in [-0.4, -0.2) is 177 Å². The van der Waals surface area contributed by atoms with Crippen LogP contribution in [0.2, 0.25) is 0 Å². The molecule has 4 saturated heterocycles. The number of hydrogen-bond acceptors (Lipinski definition) is 19. The van der Waals surface area contributed by atoms with Crippen LogP contribution in [0.1, 0.15) is 119 Å². The van der Waals surface area contributed by atoms with E-state index >= 15 is 0 Å². The summed E-state index contributed by atoms with van der Waals surface area (Å²) in [7, 11) is 0. The predicted molar refractivity (Wildman–Crippen MR) is 233 cm³/mol. The maximum atomic E-state index is 12.6. The van der Waals surface area contributed by atoms with Crippen LogP contribution in [-0.2, 0) is 57.0 Å². The highest BCUT2D eigenvalue weighted by Gasteiger charge is 2.68. The minimum Gasteiger partial charge on any atom is -0.459 e. The third-order valence-corrected chi connectivity index (χ3v) is 18.3. The van der Waals surface area contributed by atoms with Crippen LogP contribution < -0.4 is 0 Å². The van der Waals surface area contributed by atoms with Gasteiger partial charge in [0.1, 0.15) is 55.4 Å². The minimum atomic E-state index is -1.68. The van der Waals surface area contributed by atoms with Gasteiger partial charge in [-0.25, -0.2) is 4.79 Å². The number of carbonyl (C=O) groups excluding carboxylic acids is 2. The van der Waals surface area contributed by atoms with E-state index in [1.54, 1.807) is 19.9 Å². The summed E-state index contributed by atoms with van der Waals surface area (Å²) in [5.74, 6) is 0.357. The Labute approximate surface area is 398 Å². The van der Waals surface area contributed by atoms with Crippen LogP contribution in [0, 0.1) is 34.5 Å². The number of hydrogen-bond donors (Lipinski definition) is 7. The van der Waals surface area contributed by atoms with Gasteiger partial charge in [-0.2, -0.15) is 0 Å². The van der Waals surface area contributed by atoms with Crippen molar-refractivity contribution in [1.82, 2.24) is 0 Å². The Hall–Kier alpha value is -1.92. The lowest BCUT2D eigenvalue weighted by Gasteiger charge is -2.64. The van der Waals surface area contributed by atoms with E-state index in [0.29, 0.717) is 18.4 Å². The summed E-state index contributed by atoms with van der Waals surface area (Å²) in [6, 6.07) is 0. The molecule has 0 spiro atoms. The largest absolute Gasteiger partial charge is 0.459 e. The van der Waals surface area contributed by atoms with Crippen LogP contribution in [0.3, 0.4) is 0 Å². The van der Waals surface area contributed by atoms with E-state index in [1.165, 1.54) is 6.92 Å². The summed E-state index contributed by atoms with van der Waals surface area (Å²) in [5, 5.41) is 76.1. The van der Waals surface area contributed by atoms with Crippen molar-refractivity contribution >= 4 is 11.9 Å². The molecule has 19 heteroatoms. The molecule has 5 aliphatic heterocycles. The number of fused-ring (bicyclic) bond motifs is 5. The van der Waals surface area contributed by atoms with Crippen molar-refractivity contribution in [2.45, 2.75) is 235 Å². The molecular formula is C49H76O19. The molecule has 9 rings (SSSR count). The van der Waals surface area contributed by atoms with Gasteiger partial charge in [-0.15, -0.1) is 0 Å². The van der Waals surface area contributed by atoms with Crippen molar-refractivity contribution in [3.05, 3.63) is 11.6 Å². The van der Waals surface area contributed by atoms with Crippen LogP contribution in [0.4, 0.5) is 0 Å². The van der Waals surface area contributed by atoms with Gasteiger partial charge >= 0.3 is 11.9 Å². The molecule has 0 unspecified atom stereocenters. The number of carbonyl (C=O) groups is 2. The molecule has 9 aliphatic rings. The normalized spacial score (nSPS) is 52.8. The Morgan fingerprint density at radius 2 is 1.34 bits per heavy atom. The fourth-order valence-electron chi connectivity index (χ4n) is 14.6. The molecule has 0 bridgehead atoms. The molecule has 0 aromatic heterocycles. The number of aliphatic hydroxyl groups is 7. The molecule has 4 saturated carbocycles. The molecule has 0 aromatic carbocycles. The highest BCUT2D eigenvalue weighted by molar-refractivity contribution is 5.85. The first kappa shape index (κ1) is 51.0. The first-order valence-corrected chi connectivity index (χ1v) is 25.2. The predicted octanol–water partition coefficient (Wildman–Crippen LogP) is 1.64. The van der Waals surface area contributed by atoms with E-state index < -0.39 is 123 Å². The monoisotopic (exact) mass is 968 g/mol. The average Bonchev–Trinajstić information content (AvgIpc) is 3.83. The van der Waals surface area contributed by atoms with E-state index in [1.807, 2.05) is 6.92 Å². The van der Waals surface area contributed by atoms with Gasteiger partial charge in [0, 0.05) is 37.7 Å². The lowest BCUT2D eigenvalue weighted by Crippen LogP contribution is -2.62. The summed E-state index contributed by atoms with van der Waals surface area (Å²) in [4.78, 5) is 24.2. The van der Waals surface area contributed by atoms with Gasteiger partial charge in [-0.05, 0) is 113 Å². The Balaban J connectivity index is 0.746. The summed E-state index contributed by atoms with van der Waals surface area (Å²) in [6.45, 7) is 10.8. The molecule has 0 aromatic rings. The molecule has 25 atom stereocenters. The maximum Gasteiger partial charge on any atom is 0.331 e. The Morgan fingerprint density at radius 1 is 0.706 bits per heavy atom. The second kappa shape index (κ2) is 19.8. The Morgan fingerprint density at radius 3 is 1.94 bits per heavy atom. The fourth-order valence-corrected chi connectivity index (χ4v) is 14.6. The first-order valence-electron chi connectivity index (χ1n) is 25.2. The van der Waals surface area contributed by atoms with E-state index in [9.17, 15) is 45.3 Å². The smallest absolute Gasteiger partial charge is 0.331 e. The molecule has 8 fully saturated rings. The van der Waals surface area contributed by atoms with Gasteiger partial charge in [-0.3, -0.25) is 4.79 Å². The topological polar surface area (TPSA) is 268 Å². The zero-order valence-corrected chi connectivity index (χ0v) is 40.2. The van der Waals surface area contributed by atoms with Crippen LogP contribution in [0.25, 0.3) is 0 Å². The summed E-state index contributed by atoms with van der Waals surface area (Å²) < 4.78 is 60.2. The number of ether oxygens (including phenoxy) is 10. The minimum absolute atomic E-state index is 0.0126. The molecule has 0 amide bonds. The SMILES string of the molecule is CC(=O)O[C@@H]1C[C@H](O[C@@H]2[C@H](O)C[C@@H](O[C@@H]3[C@H](O)C[C@@H](O[C@@H]4CC[C@@]5(C)[C@H](CC[C@@H]6[C@@H]5CC[C@@]5(C)[C@@H](C7=CC(=O)OC7)CC[C@]65O)C4)O[C@@H]3C)O[C@@H]2C)O[C@H](C)[C@H]1O[C@H]1O[C@@H](CO)[C@H](O)[C@@H](O)[C@@H]1O. The second-order valence-electron chi connectivity index (χ2n) is 22.1. The quantitative estimate of drug-likeness (QED) is 0.115. The van der Waals surface area contributed by atoms with Crippen LogP contribution in [0.15, 0.2) is 11.6 Å². The lowest BCUT2D eigenvalue weighted by atomic mass is 9.43. The standard InChI is InChI=1S/C49H76O19/c1-22-43(66-38-18-33(53)44(23(2)61-38)67-39-19-34(63-25(4)51)45(24(3)62-39)68-46-42(57)41(56)40(55)35(20-50)65-46)32(52)17-37(60-22)64-28-9-12-47(5)27(16-28)7-8-31-30(47)10-13-48(6)29(11-14-49(31,48)58)26-15-36(54)59-21-26/h15,22-24,27-35,37-46,50,52-53,55-58H,7-14,16-21H2,1-6H3/t22-,23-,24-,27-,28-,29-,30+,31-,32-,33-,34-,35+,37-,38-,39+,40+,41-,42+,43+,44+,45-,46-,47+,48+,49+/m1/s1. The maximum absolute atomic E-state index is 12.6. The number of aliphatic hydroxyl groups excluding tert-OH is 6. The van der Waals surface area contributed by atoms with Gasteiger partial charge in [0.05, 0.1) is 48.8 Å². The van der Waals surface area contributed by atoms with Gasteiger partial charge in [0.2, 0.25) is 0 Å². The molecule has 4 aliphatic carbocycles. The zero-order valence-electron chi connectivity index (χ0n) is 40.2. The third kappa shape index (κ3) is 9.36. The first-order chi connectivity index (χ1) is 32.2. The molecule has 5 heterocycles. The van der Waals surface area contributed by atoms with E-state index in [4.69, 9.17) is 47.4 Å². The Kier molecular flexibility index (Phi) is 14.9. The number of rotatable bonds is 11. The summed E-state index contributed by atoms with van der Waals surface area (Å²) >= 11 is 0. The zero-order chi connectivity index (χ0) is 48.6. The second-order valence-corrected chi connectivity index (χ2v) is 22.1. The van der Waals surface area contributed by atoms with Crippen molar-refractivity contribution in [3.8, 4) is 0 Å². The summed E-state index contributed by atoms with van der Waals surface area (Å²) in [5.41, 5.74) is 0.0925. The lowest BCUT2D eigenvalue weighted by molar-refractivity contribution is -0.355. The summed E-state index contributed by atoms with van der Waals surface area (Å²) in [6.07, 6.45) is -7.65. The molecular weight excluding hydrogens is 893 g/mol. The van der Waals surface area contributed by atoms with Crippen molar-refractivity contribution in [3.63, 3.8) is 0 Å². The van der Waals surface area contributed by atoms with Crippen molar-refractivity contribution in [2.75, 3.05) is 13.2 Å². The van der Waals surface area contributed by atoms with Crippen LogP contribution in [0.5, 0.6) is 0 Å².